The van der Waals surface area contributed by atoms with Crippen molar-refractivity contribution in [2.45, 2.75) is 84.1 Å². The first-order valence-electron chi connectivity index (χ1n) is 12.4. The molecule has 1 aromatic heterocycles. The van der Waals surface area contributed by atoms with Gasteiger partial charge in [0, 0.05) is 23.8 Å². The lowest BCUT2D eigenvalue weighted by Crippen LogP contribution is -2.54. The van der Waals surface area contributed by atoms with Crippen molar-refractivity contribution >= 4 is 40.5 Å². The van der Waals surface area contributed by atoms with Crippen molar-refractivity contribution in [3.05, 3.63) is 36.5 Å². The van der Waals surface area contributed by atoms with Crippen molar-refractivity contribution in [1.82, 2.24) is 15.2 Å². The topological polar surface area (TPSA) is 127 Å². The van der Waals surface area contributed by atoms with Crippen molar-refractivity contribution in [1.29, 1.82) is 0 Å². The summed E-state index contributed by atoms with van der Waals surface area (Å²) in [6.07, 6.45) is 1.54. The van der Waals surface area contributed by atoms with Gasteiger partial charge in [0.1, 0.15) is 23.3 Å². The zero-order valence-corrected chi connectivity index (χ0v) is 22.3. The quantitative estimate of drug-likeness (QED) is 0.564. The fourth-order valence-electron chi connectivity index (χ4n) is 4.08. The van der Waals surface area contributed by atoms with Crippen molar-refractivity contribution < 1.29 is 28.7 Å². The molecule has 0 aliphatic carbocycles. The number of hydrogen-bond acceptors (Lipinski definition) is 7. The number of nitrogens with zero attached hydrogens (tertiary/aromatic N) is 2. The van der Waals surface area contributed by atoms with E-state index in [0.717, 1.165) is 10.9 Å². The number of nitrogens with one attached hydrogen (secondary N) is 2. The van der Waals surface area contributed by atoms with Gasteiger partial charge in [-0.15, -0.1) is 0 Å². The third-order valence-electron chi connectivity index (χ3n) is 5.49. The number of carbonyl (C=O) groups excluding carboxylic acids is 4. The molecule has 1 aromatic carbocycles. The molecule has 200 valence electrons. The number of esters is 1. The molecule has 0 radical (unpaired) electrons. The van der Waals surface area contributed by atoms with Crippen LogP contribution < -0.4 is 10.6 Å². The molecule has 10 nitrogen and oxygen atoms in total. The minimum Gasteiger partial charge on any atom is -0.460 e. The molecular weight excluding hydrogens is 476 g/mol. The van der Waals surface area contributed by atoms with Crippen LogP contribution in [0.5, 0.6) is 0 Å². The molecule has 2 atom stereocenters. The second-order valence-electron chi connectivity index (χ2n) is 11.1. The Morgan fingerprint density at radius 2 is 1.76 bits per heavy atom. The molecule has 1 aliphatic heterocycles. The van der Waals surface area contributed by atoms with Crippen LogP contribution in [0.4, 0.5) is 10.5 Å². The zero-order chi connectivity index (χ0) is 27.4. The predicted octanol–water partition coefficient (Wildman–Crippen LogP) is 3.79. The molecule has 3 amide bonds. The highest BCUT2D eigenvalue weighted by Crippen LogP contribution is 2.23. The number of aromatic nitrogens is 1. The van der Waals surface area contributed by atoms with Gasteiger partial charge in [-0.1, -0.05) is 6.07 Å². The van der Waals surface area contributed by atoms with Crippen LogP contribution in [0.2, 0.25) is 0 Å². The maximum Gasteiger partial charge on any atom is 0.408 e. The molecule has 3 rings (SSSR count). The molecule has 0 unspecified atom stereocenters. The first kappa shape index (κ1) is 27.9. The molecule has 2 N–H and O–H groups in total. The summed E-state index contributed by atoms with van der Waals surface area (Å²) in [5.41, 5.74) is -0.171. The summed E-state index contributed by atoms with van der Waals surface area (Å²) in [4.78, 5) is 57.4. The van der Waals surface area contributed by atoms with E-state index in [-0.39, 0.29) is 5.91 Å². The first-order valence-corrected chi connectivity index (χ1v) is 12.4. The molecule has 0 saturated carbocycles. The molecule has 1 fully saturated rings. The maximum atomic E-state index is 13.5. The Balaban J connectivity index is 1.76. The van der Waals surface area contributed by atoms with E-state index in [1.54, 1.807) is 53.8 Å². The number of fused-ring (bicyclic) bond motifs is 1. The number of benzene rings is 1. The summed E-state index contributed by atoms with van der Waals surface area (Å²) >= 11 is 0. The Morgan fingerprint density at radius 3 is 2.43 bits per heavy atom. The van der Waals surface area contributed by atoms with E-state index in [1.807, 2.05) is 24.3 Å². The minimum atomic E-state index is -1.25. The SMILES string of the molecule is CC(C)(C)OC(=O)C[C@H](NC(=O)OC(C)(C)C)C(=O)N1CCC[C@H]1C(=O)Nc1ccc2ncccc2c1. The highest BCUT2D eigenvalue weighted by molar-refractivity contribution is 6.00. The monoisotopic (exact) mass is 512 g/mol. The van der Waals surface area contributed by atoms with E-state index in [9.17, 15) is 19.2 Å². The molecular formula is C27H36N4O6. The third-order valence-corrected chi connectivity index (χ3v) is 5.49. The fraction of sp³-hybridized carbons (Fsp3) is 0.519. The zero-order valence-electron chi connectivity index (χ0n) is 22.3. The Labute approximate surface area is 217 Å². The van der Waals surface area contributed by atoms with E-state index in [0.29, 0.717) is 25.1 Å². The largest absolute Gasteiger partial charge is 0.460 e. The predicted molar refractivity (Wildman–Crippen MR) is 139 cm³/mol. The Hall–Kier alpha value is -3.69. The number of hydrogen-bond donors (Lipinski definition) is 2. The van der Waals surface area contributed by atoms with Gasteiger partial charge in [0.25, 0.3) is 0 Å². The second kappa shape index (κ2) is 11.1. The molecule has 1 aliphatic rings. The van der Waals surface area contributed by atoms with Gasteiger partial charge in [0.2, 0.25) is 11.8 Å². The van der Waals surface area contributed by atoms with E-state index in [2.05, 4.69) is 15.6 Å². The van der Waals surface area contributed by atoms with Crippen LogP contribution in [-0.2, 0) is 23.9 Å². The van der Waals surface area contributed by atoms with Crippen LogP contribution in [-0.4, -0.2) is 63.6 Å². The average molecular weight is 513 g/mol. The second-order valence-corrected chi connectivity index (χ2v) is 11.1. The fourth-order valence-corrected chi connectivity index (χ4v) is 4.08. The van der Waals surface area contributed by atoms with Crippen molar-refractivity contribution in [2.24, 2.45) is 0 Å². The first-order chi connectivity index (χ1) is 17.2. The number of rotatable bonds is 6. The van der Waals surface area contributed by atoms with Gasteiger partial charge in [0.15, 0.2) is 0 Å². The molecule has 0 bridgehead atoms. The van der Waals surface area contributed by atoms with Crippen molar-refractivity contribution in [3.63, 3.8) is 0 Å². The van der Waals surface area contributed by atoms with Gasteiger partial charge in [-0.05, 0) is 78.6 Å². The summed E-state index contributed by atoms with van der Waals surface area (Å²) in [5.74, 6) is -1.54. The van der Waals surface area contributed by atoms with Crippen molar-refractivity contribution in [3.8, 4) is 0 Å². The number of ether oxygens (including phenoxy) is 2. The molecule has 2 aromatic rings. The lowest BCUT2D eigenvalue weighted by Gasteiger charge is -2.30. The molecule has 1 saturated heterocycles. The normalized spacial score (nSPS) is 16.7. The number of pyridine rings is 1. The molecule has 0 spiro atoms. The molecule has 37 heavy (non-hydrogen) atoms. The Bertz CT molecular complexity index is 1140. The lowest BCUT2D eigenvalue weighted by atomic mass is 10.1. The van der Waals surface area contributed by atoms with Crippen LogP contribution in [0.15, 0.2) is 36.5 Å². The average Bonchev–Trinajstić information content (AvgIpc) is 3.25. The smallest absolute Gasteiger partial charge is 0.408 e. The van der Waals surface area contributed by atoms with Gasteiger partial charge < -0.3 is 25.0 Å². The van der Waals surface area contributed by atoms with E-state index in [4.69, 9.17) is 9.47 Å². The number of amides is 3. The van der Waals surface area contributed by atoms with E-state index >= 15 is 0 Å². The summed E-state index contributed by atoms with van der Waals surface area (Å²) in [5, 5.41) is 6.26. The van der Waals surface area contributed by atoms with Crippen LogP contribution in [0, 0.1) is 0 Å². The van der Waals surface area contributed by atoms with Gasteiger partial charge in [0.05, 0.1) is 11.9 Å². The van der Waals surface area contributed by atoms with Crippen LogP contribution in [0.25, 0.3) is 10.9 Å². The van der Waals surface area contributed by atoms with Gasteiger partial charge >= 0.3 is 12.1 Å². The highest BCUT2D eigenvalue weighted by Gasteiger charge is 2.39. The standard InChI is InChI=1S/C27H36N4O6/c1-26(2,3)36-22(32)16-20(30-25(35)37-27(4,5)6)24(34)31-14-8-10-21(31)23(33)29-18-11-12-19-17(15-18)9-7-13-28-19/h7,9,11-13,15,20-21H,8,10,14,16H2,1-6H3,(H,29,33)(H,30,35)/t20-,21-/m0/s1. The Kier molecular flexibility index (Phi) is 8.40. The number of alkyl carbamates (subject to hydrolysis) is 1. The van der Waals surface area contributed by atoms with Gasteiger partial charge in [-0.2, -0.15) is 0 Å². The summed E-state index contributed by atoms with van der Waals surface area (Å²) in [7, 11) is 0. The van der Waals surface area contributed by atoms with E-state index in [1.165, 1.54) is 4.90 Å². The van der Waals surface area contributed by atoms with Crippen LogP contribution >= 0.6 is 0 Å². The summed E-state index contributed by atoms with van der Waals surface area (Å²) in [6.45, 7) is 10.6. The summed E-state index contributed by atoms with van der Waals surface area (Å²) in [6, 6.07) is 7.09. The molecule has 2 heterocycles. The third kappa shape index (κ3) is 8.16. The number of carbonyl (C=O) groups is 4. The van der Waals surface area contributed by atoms with Crippen LogP contribution in [0.3, 0.4) is 0 Å². The summed E-state index contributed by atoms with van der Waals surface area (Å²) < 4.78 is 10.7. The Morgan fingerprint density at radius 1 is 1.05 bits per heavy atom. The lowest BCUT2D eigenvalue weighted by molar-refractivity contribution is -0.157. The highest BCUT2D eigenvalue weighted by atomic mass is 16.6. The van der Waals surface area contributed by atoms with Gasteiger partial charge in [-0.25, -0.2) is 4.79 Å². The van der Waals surface area contributed by atoms with E-state index < -0.39 is 47.7 Å². The van der Waals surface area contributed by atoms with Gasteiger partial charge in [-0.3, -0.25) is 19.4 Å². The number of likely N-dealkylation sites (tertiary alicyclic amines) is 1. The number of anilines is 1. The van der Waals surface area contributed by atoms with Crippen LogP contribution in [0.1, 0.15) is 60.8 Å². The minimum absolute atomic E-state index is 0.319. The maximum absolute atomic E-state index is 13.5. The molecule has 10 heteroatoms. The van der Waals surface area contributed by atoms with Crippen molar-refractivity contribution in [2.75, 3.05) is 11.9 Å².